The molecule has 11 heteroatoms. The van der Waals surface area contributed by atoms with Gasteiger partial charge in [0.1, 0.15) is 9.79 Å². The second kappa shape index (κ2) is 9.17. The van der Waals surface area contributed by atoms with Crippen molar-refractivity contribution in [2.75, 3.05) is 0 Å². The Bertz CT molecular complexity index is 1010. The molecule has 3 aromatic rings. The van der Waals surface area contributed by atoms with E-state index in [0.717, 1.165) is 23.9 Å². The number of nitrogens with zero attached hydrogens (tertiary/aromatic N) is 4. The summed E-state index contributed by atoms with van der Waals surface area (Å²) < 4.78 is 1.17. The predicted octanol–water partition coefficient (Wildman–Crippen LogP) is 4.75. The largest absolute Gasteiger partial charge is 0.284 e. The molecular formula is C18H12N4O5S2. The van der Waals surface area contributed by atoms with Gasteiger partial charge in [-0.2, -0.15) is 0 Å². The van der Waals surface area contributed by atoms with Crippen LogP contribution in [0.1, 0.15) is 10.4 Å². The molecule has 0 aliphatic rings. The third-order valence-electron chi connectivity index (χ3n) is 3.56. The van der Waals surface area contributed by atoms with Crippen LogP contribution in [0.5, 0.6) is 0 Å². The van der Waals surface area contributed by atoms with Gasteiger partial charge in [0.05, 0.1) is 15.4 Å². The lowest BCUT2D eigenvalue weighted by atomic mass is 10.3. The van der Waals surface area contributed by atoms with Crippen LogP contribution in [0, 0.1) is 20.2 Å². The zero-order chi connectivity index (χ0) is 20.8. The van der Waals surface area contributed by atoms with Gasteiger partial charge in [-0.15, -0.1) is 0 Å². The minimum absolute atomic E-state index is 0.176. The molecule has 2 aromatic carbocycles. The summed E-state index contributed by atoms with van der Waals surface area (Å²) in [4.78, 5) is 38.9. The first-order valence-corrected chi connectivity index (χ1v) is 9.59. The van der Waals surface area contributed by atoms with Gasteiger partial charge in [0.15, 0.2) is 0 Å². The summed E-state index contributed by atoms with van der Waals surface area (Å²) in [5.74, 6) is -0.510. The van der Waals surface area contributed by atoms with Crippen LogP contribution in [0.25, 0.3) is 0 Å². The SMILES string of the molecule is O=C(c1cccnc1)N(Sc1ccccc1[N+](=O)[O-])Sc1ccccc1[N+](=O)[O-]. The highest BCUT2D eigenvalue weighted by molar-refractivity contribution is 8.13. The lowest BCUT2D eigenvalue weighted by molar-refractivity contribution is -0.387. The van der Waals surface area contributed by atoms with Crippen molar-refractivity contribution in [1.82, 2.24) is 8.69 Å². The maximum Gasteiger partial charge on any atom is 0.284 e. The number of hydrogen-bond acceptors (Lipinski definition) is 8. The molecule has 0 aliphatic carbocycles. The van der Waals surface area contributed by atoms with Crippen molar-refractivity contribution in [3.63, 3.8) is 0 Å². The Hall–Kier alpha value is -3.44. The predicted molar refractivity (Wildman–Crippen MR) is 108 cm³/mol. The van der Waals surface area contributed by atoms with Crippen molar-refractivity contribution in [1.29, 1.82) is 0 Å². The van der Waals surface area contributed by atoms with Crippen molar-refractivity contribution in [3.05, 3.63) is 98.8 Å². The Morgan fingerprint density at radius 1 is 0.828 bits per heavy atom. The Morgan fingerprint density at radius 2 is 1.34 bits per heavy atom. The van der Waals surface area contributed by atoms with Gasteiger partial charge in [0, 0.05) is 48.4 Å². The summed E-state index contributed by atoms with van der Waals surface area (Å²) >= 11 is 1.63. The number of benzene rings is 2. The number of amides is 1. The smallest absolute Gasteiger partial charge is 0.267 e. The molecule has 3 rings (SSSR count). The zero-order valence-corrected chi connectivity index (χ0v) is 16.2. The number of para-hydroxylation sites is 2. The minimum atomic E-state index is -0.551. The average molecular weight is 428 g/mol. The van der Waals surface area contributed by atoms with Gasteiger partial charge in [-0.1, -0.05) is 24.3 Å². The van der Waals surface area contributed by atoms with Crippen LogP contribution in [0.3, 0.4) is 0 Å². The molecule has 29 heavy (non-hydrogen) atoms. The number of pyridine rings is 1. The monoisotopic (exact) mass is 428 g/mol. The van der Waals surface area contributed by atoms with Crippen LogP contribution in [-0.4, -0.2) is 24.4 Å². The van der Waals surface area contributed by atoms with Gasteiger partial charge in [-0.05, 0) is 24.3 Å². The Labute approximate surface area is 173 Å². The highest BCUT2D eigenvalue weighted by atomic mass is 32.2. The fourth-order valence-electron chi connectivity index (χ4n) is 2.25. The van der Waals surface area contributed by atoms with Crippen LogP contribution >= 0.6 is 23.9 Å². The van der Waals surface area contributed by atoms with Gasteiger partial charge < -0.3 is 0 Å². The van der Waals surface area contributed by atoms with Crippen molar-refractivity contribution in [2.45, 2.75) is 9.79 Å². The van der Waals surface area contributed by atoms with Crippen molar-refractivity contribution in [3.8, 4) is 0 Å². The number of nitro benzene ring substituents is 2. The molecular weight excluding hydrogens is 416 g/mol. The molecule has 0 bridgehead atoms. The highest BCUT2D eigenvalue weighted by Crippen LogP contribution is 2.41. The molecule has 1 aromatic heterocycles. The standard InChI is InChI=1S/C18H12N4O5S2/c23-18(13-6-5-11-19-12-13)22(28-16-9-3-1-7-14(16)20(24)25)29-17-10-4-2-8-15(17)21(26)27/h1-12H. The van der Waals surface area contributed by atoms with Gasteiger partial charge in [0.25, 0.3) is 17.3 Å². The third-order valence-corrected chi connectivity index (χ3v) is 5.76. The first-order chi connectivity index (χ1) is 14.0. The molecule has 0 atom stereocenters. The van der Waals surface area contributed by atoms with Crippen LogP contribution in [0.4, 0.5) is 11.4 Å². The maximum atomic E-state index is 13.0. The van der Waals surface area contributed by atoms with Crippen molar-refractivity contribution >= 4 is 41.2 Å². The van der Waals surface area contributed by atoms with Gasteiger partial charge in [-0.25, -0.2) is 3.71 Å². The van der Waals surface area contributed by atoms with Crippen LogP contribution in [0.15, 0.2) is 82.8 Å². The van der Waals surface area contributed by atoms with Crippen molar-refractivity contribution in [2.24, 2.45) is 0 Å². The molecule has 0 saturated heterocycles. The topological polar surface area (TPSA) is 119 Å². The Balaban J connectivity index is 2.00. The Kier molecular flexibility index (Phi) is 6.42. The summed E-state index contributed by atoms with van der Waals surface area (Å²) in [6, 6.07) is 15.0. The molecule has 0 radical (unpaired) electrons. The van der Waals surface area contributed by atoms with Gasteiger partial charge in [0.2, 0.25) is 0 Å². The number of hydrogen-bond donors (Lipinski definition) is 0. The van der Waals surface area contributed by atoms with Crippen molar-refractivity contribution < 1.29 is 14.6 Å². The third kappa shape index (κ3) is 4.89. The molecule has 0 N–H and O–H groups in total. The van der Waals surface area contributed by atoms with E-state index in [0.29, 0.717) is 0 Å². The van der Waals surface area contributed by atoms with E-state index in [-0.39, 0.29) is 26.7 Å². The molecule has 0 unspecified atom stereocenters. The van der Waals surface area contributed by atoms with E-state index in [1.54, 1.807) is 24.3 Å². The number of carbonyl (C=O) groups is 1. The summed E-state index contributed by atoms with van der Waals surface area (Å²) in [5, 5.41) is 22.7. The first-order valence-electron chi connectivity index (χ1n) is 8.04. The van der Waals surface area contributed by atoms with E-state index < -0.39 is 15.8 Å². The molecule has 0 fully saturated rings. The van der Waals surface area contributed by atoms with E-state index in [1.807, 2.05) is 0 Å². The second-order valence-electron chi connectivity index (χ2n) is 5.44. The summed E-state index contributed by atoms with van der Waals surface area (Å²) in [6.07, 6.45) is 2.86. The summed E-state index contributed by atoms with van der Waals surface area (Å²) in [7, 11) is 0. The zero-order valence-electron chi connectivity index (χ0n) is 14.6. The Morgan fingerprint density at radius 3 is 1.79 bits per heavy atom. The molecule has 1 heterocycles. The molecule has 1 amide bonds. The molecule has 146 valence electrons. The molecule has 0 aliphatic heterocycles. The lowest BCUT2D eigenvalue weighted by Gasteiger charge is -2.19. The van der Waals surface area contributed by atoms with E-state index >= 15 is 0 Å². The normalized spacial score (nSPS) is 10.3. The van der Waals surface area contributed by atoms with E-state index in [1.165, 1.54) is 52.5 Å². The van der Waals surface area contributed by atoms with E-state index in [9.17, 15) is 25.0 Å². The lowest BCUT2D eigenvalue weighted by Crippen LogP contribution is -2.18. The maximum absolute atomic E-state index is 13.0. The van der Waals surface area contributed by atoms with Crippen LogP contribution < -0.4 is 0 Å². The number of rotatable bonds is 7. The van der Waals surface area contributed by atoms with E-state index in [4.69, 9.17) is 0 Å². The van der Waals surface area contributed by atoms with E-state index in [2.05, 4.69) is 4.98 Å². The fraction of sp³-hybridized carbons (Fsp3) is 0. The second-order valence-corrected chi connectivity index (χ2v) is 7.64. The minimum Gasteiger partial charge on any atom is -0.267 e. The number of aromatic nitrogens is 1. The number of carbonyl (C=O) groups excluding carboxylic acids is 1. The molecule has 9 nitrogen and oxygen atoms in total. The van der Waals surface area contributed by atoms with Crippen LogP contribution in [0.2, 0.25) is 0 Å². The summed E-state index contributed by atoms with van der Waals surface area (Å²) in [5.41, 5.74) is -0.112. The van der Waals surface area contributed by atoms with Gasteiger partial charge in [-0.3, -0.25) is 30.0 Å². The fourth-order valence-corrected chi connectivity index (χ4v) is 4.36. The first kappa shape index (κ1) is 20.3. The summed E-state index contributed by atoms with van der Waals surface area (Å²) in [6.45, 7) is 0. The highest BCUT2D eigenvalue weighted by Gasteiger charge is 2.26. The molecule has 0 spiro atoms. The number of nitro groups is 2. The van der Waals surface area contributed by atoms with Gasteiger partial charge >= 0.3 is 0 Å². The quantitative estimate of drug-likeness (QED) is 0.300. The average Bonchev–Trinajstić information content (AvgIpc) is 2.74. The molecule has 0 saturated carbocycles. The van der Waals surface area contributed by atoms with Crippen LogP contribution in [-0.2, 0) is 0 Å².